The number of carbonyl (C=O) groups excluding carboxylic acids is 1. The van der Waals surface area contributed by atoms with Crippen molar-refractivity contribution in [2.75, 3.05) is 20.3 Å². The smallest absolute Gasteiger partial charge is 0.416 e. The lowest BCUT2D eigenvalue weighted by Gasteiger charge is -2.22. The number of ether oxygens (including phenoxy) is 2. The molecule has 1 aliphatic heterocycles. The highest BCUT2D eigenvalue weighted by Crippen LogP contribution is 2.39. The van der Waals surface area contributed by atoms with Gasteiger partial charge in [0.2, 0.25) is 0 Å². The summed E-state index contributed by atoms with van der Waals surface area (Å²) < 4.78 is 48.3. The maximum absolute atomic E-state index is 12.7. The van der Waals surface area contributed by atoms with Crippen molar-refractivity contribution in [3.05, 3.63) is 52.6 Å². The Balaban J connectivity index is 2.02. The molecule has 6 heteroatoms. The molecule has 0 unspecified atom stereocenters. The molecule has 0 N–H and O–H groups in total. The summed E-state index contributed by atoms with van der Waals surface area (Å²) in [5.41, 5.74) is 2.01. The van der Waals surface area contributed by atoms with Gasteiger partial charge in [0.05, 0.1) is 31.5 Å². The Morgan fingerprint density at radius 3 is 2.57 bits per heavy atom. The molecule has 0 aromatic heterocycles. The van der Waals surface area contributed by atoms with E-state index in [1.807, 2.05) is 0 Å². The zero-order valence-electron chi connectivity index (χ0n) is 12.4. The Bertz CT molecular complexity index is 684. The zero-order valence-corrected chi connectivity index (χ0v) is 12.4. The summed E-state index contributed by atoms with van der Waals surface area (Å²) in [5, 5.41) is 0. The molecule has 1 aromatic carbocycles. The van der Waals surface area contributed by atoms with Crippen LogP contribution in [0.25, 0.3) is 5.57 Å². The predicted octanol–water partition coefficient (Wildman–Crippen LogP) is 3.61. The van der Waals surface area contributed by atoms with Crippen LogP contribution >= 0.6 is 0 Å². The molecule has 1 fully saturated rings. The Hall–Kier alpha value is -2.08. The lowest BCUT2D eigenvalue weighted by molar-refractivity contribution is -0.137. The van der Waals surface area contributed by atoms with Crippen molar-refractivity contribution < 1.29 is 27.4 Å². The lowest BCUT2D eigenvalue weighted by Crippen LogP contribution is -2.15. The van der Waals surface area contributed by atoms with E-state index in [4.69, 9.17) is 9.47 Å². The topological polar surface area (TPSA) is 35.5 Å². The van der Waals surface area contributed by atoms with Gasteiger partial charge in [-0.05, 0) is 41.3 Å². The van der Waals surface area contributed by atoms with Gasteiger partial charge >= 0.3 is 12.1 Å². The molecule has 1 heterocycles. The van der Waals surface area contributed by atoms with Crippen LogP contribution in [0.1, 0.15) is 17.5 Å². The van der Waals surface area contributed by atoms with Gasteiger partial charge in [-0.3, -0.25) is 0 Å². The van der Waals surface area contributed by atoms with Crippen LogP contribution in [0.4, 0.5) is 13.2 Å². The highest BCUT2D eigenvalue weighted by Gasteiger charge is 2.32. The molecule has 1 aromatic rings. The van der Waals surface area contributed by atoms with Gasteiger partial charge in [-0.15, -0.1) is 0 Å². The summed E-state index contributed by atoms with van der Waals surface area (Å²) in [7, 11) is 1.29. The molecule has 1 saturated heterocycles. The van der Waals surface area contributed by atoms with Gasteiger partial charge in [0, 0.05) is 5.92 Å². The fourth-order valence-corrected chi connectivity index (χ4v) is 2.95. The average Bonchev–Trinajstić information content (AvgIpc) is 2.99. The van der Waals surface area contributed by atoms with Gasteiger partial charge in [-0.2, -0.15) is 13.2 Å². The second-order valence-corrected chi connectivity index (χ2v) is 5.59. The van der Waals surface area contributed by atoms with Crippen LogP contribution in [0.2, 0.25) is 0 Å². The minimum atomic E-state index is -4.38. The van der Waals surface area contributed by atoms with E-state index in [9.17, 15) is 18.0 Å². The number of rotatable bonds is 2. The number of fused-ring (bicyclic) bond motifs is 1. The minimum absolute atomic E-state index is 0.167. The monoisotopic (exact) mass is 324 g/mol. The standard InChI is InChI=1S/C17H15F3O3/c1-22-16(21)15-7-12-9-23-8-11(12)6-14(15)10-2-4-13(5-3-10)17(18,19)20/h2-5,7,11H,6,8-9H2,1H3/t11-/m1/s1. The van der Waals surface area contributed by atoms with Crippen LogP contribution in [0.15, 0.2) is 41.5 Å². The largest absolute Gasteiger partial charge is 0.465 e. The molecule has 0 radical (unpaired) electrons. The second-order valence-electron chi connectivity index (χ2n) is 5.59. The van der Waals surface area contributed by atoms with Crippen LogP contribution in [-0.4, -0.2) is 26.3 Å². The molecule has 0 amide bonds. The number of methoxy groups -OCH3 is 1. The first kappa shape index (κ1) is 15.8. The Kier molecular flexibility index (Phi) is 4.02. The van der Waals surface area contributed by atoms with Gasteiger partial charge in [-0.25, -0.2) is 4.79 Å². The highest BCUT2D eigenvalue weighted by atomic mass is 19.4. The minimum Gasteiger partial charge on any atom is -0.465 e. The summed E-state index contributed by atoms with van der Waals surface area (Å²) >= 11 is 0. The fourth-order valence-electron chi connectivity index (χ4n) is 2.95. The molecule has 23 heavy (non-hydrogen) atoms. The number of hydrogen-bond acceptors (Lipinski definition) is 3. The highest BCUT2D eigenvalue weighted by molar-refractivity contribution is 6.01. The normalized spacial score (nSPS) is 21.0. The molecule has 0 saturated carbocycles. The average molecular weight is 324 g/mol. The van der Waals surface area contributed by atoms with Crippen molar-refractivity contribution in [2.24, 2.45) is 5.92 Å². The van der Waals surface area contributed by atoms with Gasteiger partial charge in [-0.1, -0.05) is 12.1 Å². The van der Waals surface area contributed by atoms with Crippen molar-refractivity contribution >= 4 is 11.5 Å². The molecule has 1 atom stereocenters. The third kappa shape index (κ3) is 3.03. The third-order valence-electron chi connectivity index (χ3n) is 4.18. The fraction of sp³-hybridized carbons (Fsp3) is 0.353. The van der Waals surface area contributed by atoms with Crippen molar-refractivity contribution in [1.29, 1.82) is 0 Å². The van der Waals surface area contributed by atoms with Gasteiger partial charge in [0.25, 0.3) is 0 Å². The molecule has 3 nitrogen and oxygen atoms in total. The van der Waals surface area contributed by atoms with Crippen LogP contribution in [0.5, 0.6) is 0 Å². The zero-order chi connectivity index (χ0) is 16.6. The van der Waals surface area contributed by atoms with Crippen molar-refractivity contribution in [3.8, 4) is 0 Å². The van der Waals surface area contributed by atoms with Crippen LogP contribution < -0.4 is 0 Å². The number of allylic oxidation sites excluding steroid dienone is 1. The molecule has 0 spiro atoms. The lowest BCUT2D eigenvalue weighted by atomic mass is 9.82. The van der Waals surface area contributed by atoms with E-state index in [1.165, 1.54) is 19.2 Å². The van der Waals surface area contributed by atoms with Gasteiger partial charge in [0.1, 0.15) is 0 Å². The molecule has 1 aliphatic carbocycles. The second kappa shape index (κ2) is 5.85. The summed E-state index contributed by atoms with van der Waals surface area (Å²) in [6.45, 7) is 1.04. The molecule has 2 aliphatic rings. The van der Waals surface area contributed by atoms with E-state index in [1.54, 1.807) is 6.08 Å². The summed E-state index contributed by atoms with van der Waals surface area (Å²) in [4.78, 5) is 12.0. The SMILES string of the molecule is COC(=O)C1=C(c2ccc(C(F)(F)F)cc2)C[C@@H]2COCC2=C1. The number of esters is 1. The Labute approximate surface area is 131 Å². The number of carbonyl (C=O) groups is 1. The third-order valence-corrected chi connectivity index (χ3v) is 4.18. The van der Waals surface area contributed by atoms with E-state index >= 15 is 0 Å². The van der Waals surface area contributed by atoms with E-state index in [0.717, 1.165) is 17.7 Å². The van der Waals surface area contributed by atoms with E-state index in [-0.39, 0.29) is 5.92 Å². The summed E-state index contributed by atoms with van der Waals surface area (Å²) in [6, 6.07) is 4.86. The van der Waals surface area contributed by atoms with E-state index in [0.29, 0.717) is 36.3 Å². The quantitative estimate of drug-likeness (QED) is 0.780. The number of alkyl halides is 3. The number of benzene rings is 1. The van der Waals surface area contributed by atoms with Crippen LogP contribution in [0.3, 0.4) is 0 Å². The maximum atomic E-state index is 12.7. The van der Waals surface area contributed by atoms with Crippen molar-refractivity contribution in [1.82, 2.24) is 0 Å². The molecule has 0 bridgehead atoms. The van der Waals surface area contributed by atoms with E-state index in [2.05, 4.69) is 0 Å². The van der Waals surface area contributed by atoms with Crippen LogP contribution in [-0.2, 0) is 20.4 Å². The summed E-state index contributed by atoms with van der Waals surface area (Å²) in [6.07, 6.45) is -2.07. The molecule has 3 rings (SSSR count). The van der Waals surface area contributed by atoms with E-state index < -0.39 is 17.7 Å². The Morgan fingerprint density at radius 1 is 1.26 bits per heavy atom. The first-order chi connectivity index (χ1) is 10.9. The van der Waals surface area contributed by atoms with Crippen molar-refractivity contribution in [2.45, 2.75) is 12.6 Å². The predicted molar refractivity (Wildman–Crippen MR) is 77.4 cm³/mol. The number of hydrogen-bond donors (Lipinski definition) is 0. The van der Waals surface area contributed by atoms with Crippen LogP contribution in [0, 0.1) is 5.92 Å². The number of halogens is 3. The maximum Gasteiger partial charge on any atom is 0.416 e. The molecular weight excluding hydrogens is 309 g/mol. The van der Waals surface area contributed by atoms with Crippen molar-refractivity contribution in [3.63, 3.8) is 0 Å². The summed E-state index contributed by atoms with van der Waals surface area (Å²) in [5.74, 6) is -0.321. The molecule has 122 valence electrons. The van der Waals surface area contributed by atoms with Gasteiger partial charge in [0.15, 0.2) is 0 Å². The Morgan fingerprint density at radius 2 is 1.96 bits per heavy atom. The van der Waals surface area contributed by atoms with Gasteiger partial charge < -0.3 is 9.47 Å². The first-order valence-corrected chi connectivity index (χ1v) is 7.17. The molecular formula is C17H15F3O3. The first-order valence-electron chi connectivity index (χ1n) is 7.17.